The van der Waals surface area contributed by atoms with Gasteiger partial charge in [0, 0.05) is 39.3 Å². The predicted molar refractivity (Wildman–Crippen MR) is 126 cm³/mol. The van der Waals surface area contributed by atoms with Gasteiger partial charge in [0.25, 0.3) is 0 Å². The topological polar surface area (TPSA) is 70.2 Å². The summed E-state index contributed by atoms with van der Waals surface area (Å²) in [7, 11) is -1.86. The SMILES string of the molecule is COc1ccc2c(c1)CN(CC(=O)N1CCN(S(=O)(=O)c3ccc4c(c3)CCC4)CC1)CC2. The van der Waals surface area contributed by atoms with Gasteiger partial charge >= 0.3 is 0 Å². The summed E-state index contributed by atoms with van der Waals surface area (Å²) in [6.45, 7) is 3.47. The number of carbonyl (C=O) groups excluding carboxylic acids is 1. The number of sulfonamides is 1. The van der Waals surface area contributed by atoms with Crippen molar-refractivity contribution in [1.29, 1.82) is 0 Å². The third-order valence-electron chi connectivity index (χ3n) is 7.16. The second-order valence-electron chi connectivity index (χ2n) is 9.16. The van der Waals surface area contributed by atoms with Crippen molar-refractivity contribution in [3.05, 3.63) is 58.7 Å². The molecule has 0 N–H and O–H groups in total. The number of fused-ring (bicyclic) bond motifs is 2. The molecule has 8 heteroatoms. The molecule has 176 valence electrons. The number of hydrogen-bond acceptors (Lipinski definition) is 5. The van der Waals surface area contributed by atoms with Gasteiger partial charge in [-0.1, -0.05) is 12.1 Å². The largest absolute Gasteiger partial charge is 0.497 e. The first-order valence-electron chi connectivity index (χ1n) is 11.7. The summed E-state index contributed by atoms with van der Waals surface area (Å²) in [4.78, 5) is 17.3. The number of benzene rings is 2. The fourth-order valence-electron chi connectivity index (χ4n) is 5.18. The van der Waals surface area contributed by atoms with Gasteiger partial charge in [-0.25, -0.2) is 8.42 Å². The molecule has 5 rings (SSSR count). The maximum absolute atomic E-state index is 13.2. The van der Waals surface area contributed by atoms with E-state index in [1.165, 1.54) is 21.0 Å². The summed E-state index contributed by atoms with van der Waals surface area (Å²) in [6, 6.07) is 11.7. The van der Waals surface area contributed by atoms with Crippen LogP contribution in [0.5, 0.6) is 5.75 Å². The van der Waals surface area contributed by atoms with Crippen LogP contribution in [0.3, 0.4) is 0 Å². The van der Waals surface area contributed by atoms with Crippen LogP contribution in [0, 0.1) is 0 Å². The van der Waals surface area contributed by atoms with Crippen LogP contribution in [-0.2, 0) is 40.6 Å². The Hall–Kier alpha value is -2.42. The first-order chi connectivity index (χ1) is 15.9. The van der Waals surface area contributed by atoms with Gasteiger partial charge in [-0.3, -0.25) is 9.69 Å². The molecular formula is C25H31N3O4S. The molecule has 33 heavy (non-hydrogen) atoms. The fraction of sp³-hybridized carbons (Fsp3) is 0.480. The molecule has 2 aliphatic heterocycles. The first-order valence-corrected chi connectivity index (χ1v) is 13.2. The highest BCUT2D eigenvalue weighted by Crippen LogP contribution is 2.27. The van der Waals surface area contributed by atoms with E-state index >= 15 is 0 Å². The van der Waals surface area contributed by atoms with Crippen LogP contribution in [0.4, 0.5) is 0 Å². The third kappa shape index (κ3) is 4.52. The van der Waals surface area contributed by atoms with E-state index in [9.17, 15) is 13.2 Å². The average molecular weight is 470 g/mol. The van der Waals surface area contributed by atoms with Crippen LogP contribution in [0.2, 0.25) is 0 Å². The van der Waals surface area contributed by atoms with Crippen LogP contribution in [-0.4, -0.2) is 74.8 Å². The van der Waals surface area contributed by atoms with Gasteiger partial charge in [0.2, 0.25) is 15.9 Å². The summed E-state index contributed by atoms with van der Waals surface area (Å²) >= 11 is 0. The lowest BCUT2D eigenvalue weighted by Crippen LogP contribution is -2.52. The van der Waals surface area contributed by atoms with Crippen molar-refractivity contribution in [3.63, 3.8) is 0 Å². The monoisotopic (exact) mass is 469 g/mol. The first kappa shape index (κ1) is 22.4. The van der Waals surface area contributed by atoms with Gasteiger partial charge in [0.05, 0.1) is 18.6 Å². The van der Waals surface area contributed by atoms with E-state index in [-0.39, 0.29) is 5.91 Å². The summed E-state index contributed by atoms with van der Waals surface area (Å²) in [5, 5.41) is 0. The molecular weight excluding hydrogens is 438 g/mol. The van der Waals surface area contributed by atoms with Crippen LogP contribution in [0.25, 0.3) is 0 Å². The van der Waals surface area contributed by atoms with Crippen molar-refractivity contribution in [3.8, 4) is 5.75 Å². The van der Waals surface area contributed by atoms with Crippen LogP contribution >= 0.6 is 0 Å². The van der Waals surface area contributed by atoms with E-state index in [1.807, 2.05) is 18.2 Å². The minimum Gasteiger partial charge on any atom is -0.497 e. The zero-order valence-electron chi connectivity index (χ0n) is 19.1. The molecule has 2 heterocycles. The van der Waals surface area contributed by atoms with E-state index in [4.69, 9.17) is 4.74 Å². The Labute approximate surface area is 196 Å². The zero-order chi connectivity index (χ0) is 23.0. The zero-order valence-corrected chi connectivity index (χ0v) is 19.9. The van der Waals surface area contributed by atoms with Gasteiger partial charge in [-0.2, -0.15) is 4.31 Å². The number of ether oxygens (including phenoxy) is 1. The lowest BCUT2D eigenvalue weighted by molar-refractivity contribution is -0.133. The molecule has 1 amide bonds. The van der Waals surface area contributed by atoms with Crippen molar-refractivity contribution in [1.82, 2.24) is 14.1 Å². The van der Waals surface area contributed by atoms with Crippen molar-refractivity contribution in [2.45, 2.75) is 37.1 Å². The summed E-state index contributed by atoms with van der Waals surface area (Å²) in [5.74, 6) is 0.901. The lowest BCUT2D eigenvalue weighted by Gasteiger charge is -2.36. The van der Waals surface area contributed by atoms with Crippen LogP contribution in [0.15, 0.2) is 41.3 Å². The average Bonchev–Trinajstić information content (AvgIpc) is 3.31. The minimum absolute atomic E-state index is 0.0657. The number of methoxy groups -OCH3 is 1. The highest BCUT2D eigenvalue weighted by Gasteiger charge is 2.31. The van der Waals surface area contributed by atoms with Crippen molar-refractivity contribution in [2.75, 3.05) is 46.4 Å². The Balaban J connectivity index is 1.17. The molecule has 3 aliphatic rings. The van der Waals surface area contributed by atoms with Crippen LogP contribution < -0.4 is 4.74 Å². The summed E-state index contributed by atoms with van der Waals surface area (Å²) < 4.78 is 33.2. The Kier molecular flexibility index (Phi) is 6.16. The lowest BCUT2D eigenvalue weighted by atomic mass is 9.99. The van der Waals surface area contributed by atoms with Gasteiger partial charge in [0.1, 0.15) is 5.75 Å². The summed E-state index contributed by atoms with van der Waals surface area (Å²) in [6.07, 6.45) is 4.00. The molecule has 7 nitrogen and oxygen atoms in total. The predicted octanol–water partition coefficient (Wildman–Crippen LogP) is 2.08. The number of nitrogens with zero attached hydrogens (tertiary/aromatic N) is 3. The number of aryl methyl sites for hydroxylation is 2. The minimum atomic E-state index is -3.53. The van der Waals surface area contributed by atoms with Gasteiger partial charge in [0.15, 0.2) is 0 Å². The second-order valence-corrected chi connectivity index (χ2v) is 11.1. The fourth-order valence-corrected chi connectivity index (χ4v) is 6.65. The highest BCUT2D eigenvalue weighted by molar-refractivity contribution is 7.89. The number of rotatable bonds is 5. The molecule has 1 aliphatic carbocycles. The molecule has 0 atom stereocenters. The van der Waals surface area contributed by atoms with E-state index in [2.05, 4.69) is 17.0 Å². The van der Waals surface area contributed by atoms with Gasteiger partial charge < -0.3 is 9.64 Å². The molecule has 1 fully saturated rings. The number of amides is 1. The maximum atomic E-state index is 13.2. The number of hydrogen-bond donors (Lipinski definition) is 0. The van der Waals surface area contributed by atoms with Crippen molar-refractivity contribution >= 4 is 15.9 Å². The maximum Gasteiger partial charge on any atom is 0.243 e. The third-order valence-corrected chi connectivity index (χ3v) is 9.06. The quantitative estimate of drug-likeness (QED) is 0.671. The van der Waals surface area contributed by atoms with Crippen molar-refractivity contribution < 1.29 is 17.9 Å². The molecule has 0 aromatic heterocycles. The Morgan fingerprint density at radius 2 is 1.61 bits per heavy atom. The van der Waals surface area contributed by atoms with E-state index in [1.54, 1.807) is 18.1 Å². The molecule has 1 saturated heterocycles. The Morgan fingerprint density at radius 3 is 2.39 bits per heavy atom. The molecule has 2 aromatic rings. The van der Waals surface area contributed by atoms with E-state index in [0.717, 1.165) is 50.1 Å². The highest BCUT2D eigenvalue weighted by atomic mass is 32.2. The van der Waals surface area contributed by atoms with E-state index in [0.29, 0.717) is 37.6 Å². The Bertz CT molecular complexity index is 1160. The molecule has 0 radical (unpaired) electrons. The number of carbonyl (C=O) groups is 1. The molecule has 0 saturated carbocycles. The molecule has 0 bridgehead atoms. The standard InChI is InChI=1S/C25H31N3O4S/c1-32-23-7-5-20-9-10-26(17-22(20)15-23)18-25(29)27-11-13-28(14-12-27)33(30,31)24-8-6-19-3-2-4-21(19)16-24/h5-8,15-16H,2-4,9-14,17-18H2,1H3. The molecule has 0 spiro atoms. The Morgan fingerprint density at radius 1 is 0.879 bits per heavy atom. The van der Waals surface area contributed by atoms with E-state index < -0.39 is 10.0 Å². The molecule has 0 unspecified atom stereocenters. The second kappa shape index (κ2) is 9.08. The smallest absolute Gasteiger partial charge is 0.243 e. The van der Waals surface area contributed by atoms with Gasteiger partial charge in [-0.15, -0.1) is 0 Å². The van der Waals surface area contributed by atoms with Gasteiger partial charge in [-0.05, 0) is 72.2 Å². The normalized spacial score (nSPS) is 19.2. The molecule has 2 aromatic carbocycles. The van der Waals surface area contributed by atoms with Crippen molar-refractivity contribution in [2.24, 2.45) is 0 Å². The summed E-state index contributed by atoms with van der Waals surface area (Å²) in [5.41, 5.74) is 4.94. The number of piperazine rings is 1. The van der Waals surface area contributed by atoms with Crippen LogP contribution in [0.1, 0.15) is 28.7 Å².